The number of carbonyl (C=O) groups is 2. The van der Waals surface area contributed by atoms with E-state index in [2.05, 4.69) is 0 Å². The second-order valence-electron chi connectivity index (χ2n) is 3.35. The molecule has 0 aliphatic rings. The third-order valence-electron chi connectivity index (χ3n) is 1.85. The summed E-state index contributed by atoms with van der Waals surface area (Å²) in [4.78, 5) is 20.9. The number of aliphatic carboxylic acids is 1. The first-order valence-corrected chi connectivity index (χ1v) is 6.05. The number of carboxylic acid groups (broad SMARTS) is 1. The van der Waals surface area contributed by atoms with Crippen LogP contribution in [0.25, 0.3) is 0 Å². The normalized spacial score (nSPS) is 10.4. The quantitative estimate of drug-likeness (QED) is 0.398. The van der Waals surface area contributed by atoms with E-state index in [-0.39, 0.29) is 18.8 Å². The molecule has 0 amide bonds. The lowest BCUT2D eigenvalue weighted by Gasteiger charge is -2.04. The number of alkyl halides is 2. The van der Waals surface area contributed by atoms with Crippen molar-refractivity contribution in [1.29, 1.82) is 0 Å². The number of hydrogen-bond acceptors (Lipinski definition) is 3. The molecule has 0 aliphatic heterocycles. The lowest BCUT2D eigenvalue weighted by atomic mass is 10.2. The summed E-state index contributed by atoms with van der Waals surface area (Å²) >= 11 is 11.0. The molecule has 0 saturated heterocycles. The second-order valence-corrected chi connectivity index (χ2v) is 4.63. The fourth-order valence-electron chi connectivity index (χ4n) is 1.04. The molecule has 0 aromatic rings. The van der Waals surface area contributed by atoms with E-state index in [9.17, 15) is 9.59 Å². The summed E-state index contributed by atoms with van der Waals surface area (Å²) in [5.74, 6) is -1.14. The third-order valence-corrected chi connectivity index (χ3v) is 2.29. The zero-order chi connectivity index (χ0) is 12.4. The maximum absolute atomic E-state index is 11.1. The Morgan fingerprint density at radius 2 is 1.75 bits per heavy atom. The molecule has 0 aromatic carbocycles. The van der Waals surface area contributed by atoms with Gasteiger partial charge in [0.1, 0.15) is 4.84 Å². The van der Waals surface area contributed by atoms with Gasteiger partial charge in [-0.1, -0.05) is 0 Å². The Bertz CT molecular complexity index is 219. The zero-order valence-corrected chi connectivity index (χ0v) is 10.5. The Morgan fingerprint density at radius 3 is 2.31 bits per heavy atom. The maximum Gasteiger partial charge on any atom is 0.305 e. The third kappa shape index (κ3) is 11.6. The first-order chi connectivity index (χ1) is 7.52. The van der Waals surface area contributed by atoms with Crippen molar-refractivity contribution in [3.05, 3.63) is 0 Å². The van der Waals surface area contributed by atoms with E-state index in [0.717, 1.165) is 0 Å². The number of unbranched alkanes of at least 4 members (excludes halogenated alkanes) is 1. The van der Waals surface area contributed by atoms with Crippen molar-refractivity contribution in [2.75, 3.05) is 6.61 Å². The van der Waals surface area contributed by atoms with Crippen molar-refractivity contribution in [1.82, 2.24) is 0 Å². The van der Waals surface area contributed by atoms with Crippen molar-refractivity contribution in [2.45, 2.75) is 43.4 Å². The van der Waals surface area contributed by atoms with E-state index in [1.165, 1.54) is 0 Å². The number of carbonyl (C=O) groups excluding carboxylic acids is 1. The molecule has 0 unspecified atom stereocenters. The maximum atomic E-state index is 11.1. The average Bonchev–Trinajstić information content (AvgIpc) is 2.19. The molecule has 0 aliphatic carbocycles. The molecule has 0 fully saturated rings. The number of ether oxygens (including phenoxy) is 1. The Hall–Kier alpha value is -0.480. The summed E-state index contributed by atoms with van der Waals surface area (Å²) in [6.07, 6.45) is 2.62. The minimum Gasteiger partial charge on any atom is -0.481 e. The van der Waals surface area contributed by atoms with Gasteiger partial charge in [-0.05, 0) is 25.7 Å². The number of rotatable bonds is 9. The van der Waals surface area contributed by atoms with E-state index in [1.54, 1.807) is 0 Å². The van der Waals surface area contributed by atoms with Crippen LogP contribution in [0.4, 0.5) is 0 Å². The van der Waals surface area contributed by atoms with Crippen molar-refractivity contribution in [2.24, 2.45) is 0 Å². The van der Waals surface area contributed by atoms with Crippen molar-refractivity contribution < 1.29 is 19.4 Å². The SMILES string of the molecule is O=C(O)CCCCC(=O)OCCCC(Cl)Cl. The Kier molecular flexibility index (Phi) is 9.43. The van der Waals surface area contributed by atoms with E-state index in [4.69, 9.17) is 33.0 Å². The van der Waals surface area contributed by atoms with Crippen LogP contribution in [0.15, 0.2) is 0 Å². The van der Waals surface area contributed by atoms with Gasteiger partial charge in [-0.15, -0.1) is 23.2 Å². The van der Waals surface area contributed by atoms with Crippen LogP contribution in [0.3, 0.4) is 0 Å². The second kappa shape index (κ2) is 9.73. The minimum atomic E-state index is -0.844. The predicted octanol–water partition coefficient (Wildman–Crippen LogP) is 2.76. The molecular formula is C10H16Cl2O4. The molecule has 0 radical (unpaired) electrons. The highest BCUT2D eigenvalue weighted by Crippen LogP contribution is 2.09. The molecule has 4 nitrogen and oxygen atoms in total. The molecule has 0 spiro atoms. The number of halogens is 2. The summed E-state index contributed by atoms with van der Waals surface area (Å²) in [7, 11) is 0. The van der Waals surface area contributed by atoms with Gasteiger partial charge in [-0.2, -0.15) is 0 Å². The van der Waals surface area contributed by atoms with Crippen LogP contribution in [-0.4, -0.2) is 28.5 Å². The summed E-state index contributed by atoms with van der Waals surface area (Å²) in [6.45, 7) is 0.313. The number of esters is 1. The fraction of sp³-hybridized carbons (Fsp3) is 0.800. The Labute approximate surface area is 105 Å². The molecule has 0 atom stereocenters. The van der Waals surface area contributed by atoms with E-state index >= 15 is 0 Å². The van der Waals surface area contributed by atoms with Crippen molar-refractivity contribution >= 4 is 35.1 Å². The van der Waals surface area contributed by atoms with Gasteiger partial charge in [0.2, 0.25) is 0 Å². The molecule has 6 heteroatoms. The van der Waals surface area contributed by atoms with E-state index in [1.807, 2.05) is 0 Å². The largest absolute Gasteiger partial charge is 0.481 e. The van der Waals surface area contributed by atoms with Crippen molar-refractivity contribution in [3.8, 4) is 0 Å². The summed E-state index contributed by atoms with van der Waals surface area (Å²) in [5.41, 5.74) is 0. The molecule has 16 heavy (non-hydrogen) atoms. The monoisotopic (exact) mass is 270 g/mol. The highest BCUT2D eigenvalue weighted by atomic mass is 35.5. The first kappa shape index (κ1) is 15.5. The van der Waals surface area contributed by atoms with Crippen LogP contribution >= 0.6 is 23.2 Å². The lowest BCUT2D eigenvalue weighted by molar-refractivity contribution is -0.144. The van der Waals surface area contributed by atoms with Gasteiger partial charge in [0.05, 0.1) is 6.61 Å². The first-order valence-electron chi connectivity index (χ1n) is 5.18. The number of carboxylic acids is 1. The molecule has 0 saturated carbocycles. The Morgan fingerprint density at radius 1 is 1.12 bits per heavy atom. The smallest absolute Gasteiger partial charge is 0.305 e. The van der Waals surface area contributed by atoms with E-state index in [0.29, 0.717) is 32.3 Å². The molecule has 0 heterocycles. The zero-order valence-electron chi connectivity index (χ0n) is 8.95. The van der Waals surface area contributed by atoms with Crippen LogP contribution in [0, 0.1) is 0 Å². The summed E-state index contributed by atoms with van der Waals surface area (Å²) in [5, 5.41) is 8.36. The fourth-order valence-corrected chi connectivity index (χ4v) is 1.35. The molecule has 94 valence electrons. The molecular weight excluding hydrogens is 255 g/mol. The van der Waals surface area contributed by atoms with E-state index < -0.39 is 10.8 Å². The van der Waals surface area contributed by atoms with Crippen LogP contribution in [-0.2, 0) is 14.3 Å². The molecule has 0 aromatic heterocycles. The molecule has 0 rings (SSSR count). The summed E-state index contributed by atoms with van der Waals surface area (Å²) < 4.78 is 4.90. The standard InChI is InChI=1S/C10H16Cl2O4/c11-8(12)4-3-7-16-10(15)6-2-1-5-9(13)14/h8H,1-7H2,(H,13,14). The van der Waals surface area contributed by atoms with Gasteiger partial charge >= 0.3 is 11.9 Å². The van der Waals surface area contributed by atoms with Gasteiger partial charge in [-0.3, -0.25) is 9.59 Å². The highest BCUT2D eigenvalue weighted by Gasteiger charge is 2.05. The number of hydrogen-bond donors (Lipinski definition) is 1. The minimum absolute atomic E-state index is 0.0907. The molecule has 0 bridgehead atoms. The Balaban J connectivity index is 3.28. The molecule has 1 N–H and O–H groups in total. The highest BCUT2D eigenvalue weighted by molar-refractivity contribution is 6.44. The van der Waals surface area contributed by atoms with Gasteiger partial charge in [0.25, 0.3) is 0 Å². The predicted molar refractivity (Wildman–Crippen MR) is 61.8 cm³/mol. The van der Waals surface area contributed by atoms with Crippen LogP contribution in [0.2, 0.25) is 0 Å². The summed E-state index contributed by atoms with van der Waals surface area (Å²) in [6, 6.07) is 0. The topological polar surface area (TPSA) is 63.6 Å². The average molecular weight is 271 g/mol. The lowest BCUT2D eigenvalue weighted by Crippen LogP contribution is -2.06. The van der Waals surface area contributed by atoms with Gasteiger partial charge in [0.15, 0.2) is 0 Å². The van der Waals surface area contributed by atoms with Crippen LogP contribution in [0.5, 0.6) is 0 Å². The van der Waals surface area contributed by atoms with Gasteiger partial charge in [-0.25, -0.2) is 0 Å². The van der Waals surface area contributed by atoms with Gasteiger partial charge in [0, 0.05) is 12.8 Å². The van der Waals surface area contributed by atoms with Crippen LogP contribution in [0.1, 0.15) is 38.5 Å². The van der Waals surface area contributed by atoms with Crippen molar-refractivity contribution in [3.63, 3.8) is 0 Å². The van der Waals surface area contributed by atoms with Crippen LogP contribution < -0.4 is 0 Å². The van der Waals surface area contributed by atoms with Gasteiger partial charge < -0.3 is 9.84 Å².